The van der Waals surface area contributed by atoms with E-state index < -0.39 is 11.6 Å². The molecule has 1 atom stereocenters. The van der Waals surface area contributed by atoms with E-state index in [4.69, 9.17) is 15.2 Å². The van der Waals surface area contributed by atoms with Gasteiger partial charge in [0.2, 0.25) is 0 Å². The largest absolute Gasteiger partial charge is 0.466 e. The van der Waals surface area contributed by atoms with Crippen LogP contribution in [0.5, 0.6) is 0 Å². The zero-order valence-corrected chi connectivity index (χ0v) is 26.3. The number of nitrogens with two attached hydrogens (primary N) is 1. The van der Waals surface area contributed by atoms with Gasteiger partial charge >= 0.3 is 11.9 Å². The molecule has 1 saturated heterocycles. The molecule has 0 aromatic heterocycles. The Bertz CT molecular complexity index is 1410. The number of ether oxygens (including phenoxy) is 2. The van der Waals surface area contributed by atoms with E-state index in [1.165, 1.54) is 18.2 Å². The zero-order valence-electron chi connectivity index (χ0n) is 26.3. The maximum atomic E-state index is 13.3. The number of benzene rings is 3. The number of carbonyl (C=O) groups is 2. The number of nitrogens with zero attached hydrogens (tertiary/aromatic N) is 1. The van der Waals surface area contributed by atoms with Crippen molar-refractivity contribution in [1.82, 2.24) is 10.2 Å². The summed E-state index contributed by atoms with van der Waals surface area (Å²) in [6, 6.07) is 30.8. The Hall–Kier alpha value is -4.36. The lowest BCUT2D eigenvalue weighted by molar-refractivity contribution is -0.154. The van der Waals surface area contributed by atoms with Crippen molar-refractivity contribution in [2.45, 2.75) is 58.0 Å². The van der Waals surface area contributed by atoms with Crippen molar-refractivity contribution in [3.05, 3.63) is 125 Å². The van der Waals surface area contributed by atoms with Crippen molar-refractivity contribution in [3.8, 4) is 0 Å². The molecule has 1 unspecified atom stereocenters. The Balaban J connectivity index is 0.000000555. The number of rotatable bonds is 9. The minimum Gasteiger partial charge on any atom is -0.466 e. The zero-order chi connectivity index (χ0) is 31.5. The molecule has 0 saturated carbocycles. The summed E-state index contributed by atoms with van der Waals surface area (Å²) in [7, 11) is 1.35. The molecule has 3 aromatic carbocycles. The molecule has 0 amide bonds. The van der Waals surface area contributed by atoms with Crippen LogP contribution < -0.4 is 11.1 Å². The second-order valence-electron chi connectivity index (χ2n) is 11.5. The number of dihydropyridines is 1. The van der Waals surface area contributed by atoms with Crippen LogP contribution in [0.2, 0.25) is 0 Å². The molecule has 0 aliphatic carbocycles. The van der Waals surface area contributed by atoms with Crippen molar-refractivity contribution in [2.24, 2.45) is 0 Å². The SMILES string of the molecule is CCC1(OC(=O)C2=C(C)NC(C)=C(C(=O)OC)C2)CCN(CCC(c2ccccc2)c2ccccc2)C1.Nc1ccccc1. The van der Waals surface area contributed by atoms with Gasteiger partial charge in [0.15, 0.2) is 0 Å². The van der Waals surface area contributed by atoms with Crippen LogP contribution in [0.4, 0.5) is 5.69 Å². The molecular formula is C37H45N3O4. The van der Waals surface area contributed by atoms with Crippen molar-refractivity contribution in [1.29, 1.82) is 0 Å². The van der Waals surface area contributed by atoms with Crippen molar-refractivity contribution >= 4 is 17.6 Å². The number of likely N-dealkylation sites (tertiary alicyclic amines) is 1. The summed E-state index contributed by atoms with van der Waals surface area (Å²) in [5.41, 5.74) is 10.7. The number of hydrogen-bond donors (Lipinski definition) is 2. The van der Waals surface area contributed by atoms with E-state index in [1.54, 1.807) is 0 Å². The third kappa shape index (κ3) is 8.38. The molecule has 2 heterocycles. The minimum atomic E-state index is -0.527. The summed E-state index contributed by atoms with van der Waals surface area (Å²) in [5.74, 6) is -0.463. The highest BCUT2D eigenvalue weighted by atomic mass is 16.6. The molecule has 0 spiro atoms. The summed E-state index contributed by atoms with van der Waals surface area (Å²) < 4.78 is 11.1. The maximum absolute atomic E-state index is 13.3. The standard InChI is InChI=1S/C31H38N2O4.C6H7N/c1-5-31(37-30(35)28-20-27(29(34)36-4)22(2)32-23(28)3)17-19-33(21-31)18-16-26(24-12-8-6-9-13-24)25-14-10-7-11-15-25;7-6-4-2-1-3-5-6/h6-15,26,32H,5,16-21H2,1-4H3;1-5H,7H2. The fourth-order valence-electron chi connectivity index (χ4n) is 5.93. The van der Waals surface area contributed by atoms with Crippen LogP contribution in [0, 0.1) is 0 Å². The lowest BCUT2D eigenvalue weighted by Gasteiger charge is -2.31. The molecule has 5 rings (SSSR count). The number of nitrogen functional groups attached to an aromatic ring is 1. The Labute approximate surface area is 261 Å². The van der Waals surface area contributed by atoms with E-state index in [2.05, 4.69) is 77.8 Å². The van der Waals surface area contributed by atoms with Crippen LogP contribution in [-0.4, -0.2) is 49.2 Å². The van der Waals surface area contributed by atoms with Gasteiger partial charge in [0.1, 0.15) is 5.60 Å². The van der Waals surface area contributed by atoms with Crippen LogP contribution in [0.15, 0.2) is 114 Å². The summed E-state index contributed by atoms with van der Waals surface area (Å²) in [6.07, 6.45) is 2.75. The predicted molar refractivity (Wildman–Crippen MR) is 176 cm³/mol. The second-order valence-corrected chi connectivity index (χ2v) is 11.5. The van der Waals surface area contributed by atoms with Gasteiger partial charge in [-0.3, -0.25) is 4.90 Å². The summed E-state index contributed by atoms with van der Waals surface area (Å²) >= 11 is 0. The van der Waals surface area contributed by atoms with E-state index in [9.17, 15) is 9.59 Å². The molecule has 44 heavy (non-hydrogen) atoms. The summed E-state index contributed by atoms with van der Waals surface area (Å²) in [5, 5.41) is 3.15. The Morgan fingerprint density at radius 1 is 0.864 bits per heavy atom. The van der Waals surface area contributed by atoms with E-state index >= 15 is 0 Å². The number of allylic oxidation sites excluding steroid dienone is 2. The molecule has 3 aromatic rings. The lowest BCUT2D eigenvalue weighted by Crippen LogP contribution is -2.39. The highest BCUT2D eigenvalue weighted by Crippen LogP contribution is 2.34. The van der Waals surface area contributed by atoms with E-state index in [-0.39, 0.29) is 12.4 Å². The second kappa shape index (κ2) is 15.4. The number of para-hydroxylation sites is 1. The monoisotopic (exact) mass is 595 g/mol. The average Bonchev–Trinajstić information content (AvgIpc) is 3.45. The normalized spacial score (nSPS) is 18.4. The first-order valence-electron chi connectivity index (χ1n) is 15.4. The topological polar surface area (TPSA) is 93.9 Å². The van der Waals surface area contributed by atoms with Gasteiger partial charge in [0.25, 0.3) is 0 Å². The lowest BCUT2D eigenvalue weighted by atomic mass is 9.88. The molecule has 2 aliphatic heterocycles. The Morgan fingerprint density at radius 3 is 1.86 bits per heavy atom. The van der Waals surface area contributed by atoms with E-state index in [0.717, 1.165) is 43.7 Å². The van der Waals surface area contributed by atoms with Gasteiger partial charge in [0.05, 0.1) is 18.3 Å². The summed E-state index contributed by atoms with van der Waals surface area (Å²) in [6.45, 7) is 8.27. The smallest absolute Gasteiger partial charge is 0.336 e. The van der Waals surface area contributed by atoms with Crippen LogP contribution in [0.25, 0.3) is 0 Å². The molecular weight excluding hydrogens is 550 g/mol. The Morgan fingerprint density at radius 2 is 1.39 bits per heavy atom. The molecule has 0 radical (unpaired) electrons. The van der Waals surface area contributed by atoms with Gasteiger partial charge in [-0.15, -0.1) is 0 Å². The Kier molecular flexibility index (Phi) is 11.4. The number of anilines is 1. The third-order valence-corrected chi connectivity index (χ3v) is 8.60. The highest BCUT2D eigenvalue weighted by Gasteiger charge is 2.41. The number of hydrogen-bond acceptors (Lipinski definition) is 7. The number of methoxy groups -OCH3 is 1. The van der Waals surface area contributed by atoms with Gasteiger partial charge in [-0.2, -0.15) is 0 Å². The number of esters is 2. The van der Waals surface area contributed by atoms with Crippen LogP contribution >= 0.6 is 0 Å². The molecule has 3 N–H and O–H groups in total. The van der Waals surface area contributed by atoms with Crippen molar-refractivity contribution in [2.75, 3.05) is 32.5 Å². The van der Waals surface area contributed by atoms with E-state index in [1.807, 2.05) is 44.2 Å². The molecule has 2 aliphatic rings. The van der Waals surface area contributed by atoms with Crippen LogP contribution in [0.3, 0.4) is 0 Å². The minimum absolute atomic E-state index is 0.218. The van der Waals surface area contributed by atoms with Gasteiger partial charge in [-0.25, -0.2) is 9.59 Å². The van der Waals surface area contributed by atoms with Crippen molar-refractivity contribution < 1.29 is 19.1 Å². The first-order valence-corrected chi connectivity index (χ1v) is 15.4. The molecule has 7 nitrogen and oxygen atoms in total. The maximum Gasteiger partial charge on any atom is 0.336 e. The van der Waals surface area contributed by atoms with Crippen LogP contribution in [-0.2, 0) is 19.1 Å². The van der Waals surface area contributed by atoms with Crippen molar-refractivity contribution in [3.63, 3.8) is 0 Å². The number of carbonyl (C=O) groups excluding carboxylic acids is 2. The quantitative estimate of drug-likeness (QED) is 0.213. The molecule has 232 valence electrons. The van der Waals surface area contributed by atoms with Gasteiger partial charge in [-0.05, 0) is 56.5 Å². The predicted octanol–water partition coefficient (Wildman–Crippen LogP) is 6.59. The first kappa shape index (κ1) is 32.6. The van der Waals surface area contributed by atoms with Gasteiger partial charge in [-0.1, -0.05) is 85.8 Å². The average molecular weight is 596 g/mol. The third-order valence-electron chi connectivity index (χ3n) is 8.60. The summed E-state index contributed by atoms with van der Waals surface area (Å²) in [4.78, 5) is 27.9. The van der Waals surface area contributed by atoms with Gasteiger partial charge in [0, 0.05) is 48.9 Å². The molecule has 0 bridgehead atoms. The van der Waals surface area contributed by atoms with Gasteiger partial charge < -0.3 is 20.5 Å². The van der Waals surface area contributed by atoms with E-state index in [0.29, 0.717) is 29.3 Å². The molecule has 1 fully saturated rings. The highest BCUT2D eigenvalue weighted by molar-refractivity contribution is 5.96. The number of nitrogens with one attached hydrogen (secondary N) is 1. The molecule has 7 heteroatoms. The first-order chi connectivity index (χ1) is 21.2. The fourth-order valence-corrected chi connectivity index (χ4v) is 5.93. The van der Waals surface area contributed by atoms with Crippen LogP contribution in [0.1, 0.15) is 63.5 Å². The fraction of sp³-hybridized carbons (Fsp3) is 0.351.